The number of alkyl halides is 3. The van der Waals surface area contributed by atoms with Crippen molar-refractivity contribution in [3.8, 4) is 0 Å². The average Bonchev–Trinajstić information content (AvgIpc) is 3.27. The van der Waals surface area contributed by atoms with Crippen molar-refractivity contribution in [2.24, 2.45) is 0 Å². The third-order valence-corrected chi connectivity index (χ3v) is 5.30. The molecular formula is C23H23F3N2O5. The number of rotatable bonds is 7. The van der Waals surface area contributed by atoms with Gasteiger partial charge in [-0.15, -0.1) is 0 Å². The number of hydrogen-bond acceptors (Lipinski definition) is 4. The van der Waals surface area contributed by atoms with Crippen molar-refractivity contribution in [3.05, 3.63) is 71.3 Å². The van der Waals surface area contributed by atoms with Gasteiger partial charge < -0.3 is 15.2 Å². The van der Waals surface area contributed by atoms with E-state index in [1.54, 1.807) is 24.3 Å². The van der Waals surface area contributed by atoms with Crippen LogP contribution in [0.4, 0.5) is 18.0 Å². The van der Waals surface area contributed by atoms with Crippen molar-refractivity contribution in [1.29, 1.82) is 0 Å². The van der Waals surface area contributed by atoms with Crippen LogP contribution in [0.15, 0.2) is 54.6 Å². The second kappa shape index (κ2) is 10.4. The molecule has 0 spiro atoms. The first kappa shape index (κ1) is 24.1. The van der Waals surface area contributed by atoms with Gasteiger partial charge in [-0.3, -0.25) is 9.69 Å². The van der Waals surface area contributed by atoms with Crippen LogP contribution in [0.2, 0.25) is 0 Å². The number of nitrogens with one attached hydrogen (secondary N) is 1. The van der Waals surface area contributed by atoms with E-state index in [-0.39, 0.29) is 25.1 Å². The number of carbonyl (C=O) groups excluding carboxylic acids is 2. The van der Waals surface area contributed by atoms with Crippen molar-refractivity contribution in [2.45, 2.75) is 44.1 Å². The normalized spacial score (nSPS) is 16.8. The van der Waals surface area contributed by atoms with E-state index >= 15 is 0 Å². The molecule has 1 saturated heterocycles. The van der Waals surface area contributed by atoms with E-state index in [1.807, 2.05) is 6.07 Å². The molecule has 2 aromatic carbocycles. The molecule has 176 valence electrons. The molecule has 2 aromatic rings. The van der Waals surface area contributed by atoms with Crippen LogP contribution in [-0.4, -0.2) is 46.6 Å². The summed E-state index contributed by atoms with van der Waals surface area (Å²) < 4.78 is 44.1. The Morgan fingerprint density at radius 1 is 1.09 bits per heavy atom. The minimum absolute atomic E-state index is 0.0256. The fraction of sp³-hybridized carbons (Fsp3) is 0.348. The molecule has 10 heteroatoms. The molecule has 0 unspecified atom stereocenters. The zero-order chi connectivity index (χ0) is 24.0. The number of aliphatic carboxylic acids is 1. The number of carboxylic acids is 1. The quantitative estimate of drug-likeness (QED) is 0.653. The van der Waals surface area contributed by atoms with Gasteiger partial charge in [-0.2, -0.15) is 13.2 Å². The van der Waals surface area contributed by atoms with Gasteiger partial charge in [0.25, 0.3) is 0 Å². The Hall–Kier alpha value is -3.56. The van der Waals surface area contributed by atoms with E-state index in [2.05, 4.69) is 5.32 Å². The highest BCUT2D eigenvalue weighted by molar-refractivity contribution is 5.89. The van der Waals surface area contributed by atoms with E-state index in [1.165, 1.54) is 17.0 Å². The average molecular weight is 464 g/mol. The topological polar surface area (TPSA) is 95.9 Å². The van der Waals surface area contributed by atoms with Gasteiger partial charge in [0.1, 0.15) is 18.7 Å². The molecule has 1 aliphatic heterocycles. The standard InChI is InChI=1S/C23H23F3N2O5/c24-23(25,26)17-9-4-8-16(12-17)13-18(21(30)31)27-20(29)19-10-5-11-28(19)22(32)33-14-15-6-2-1-3-7-15/h1-4,6-9,12,18-19H,5,10-11,13-14H2,(H,27,29)(H,30,31)/t18-,19+/m0/s1. The summed E-state index contributed by atoms with van der Waals surface area (Å²) in [4.78, 5) is 38.1. The van der Waals surface area contributed by atoms with Gasteiger partial charge in [-0.05, 0) is 30.0 Å². The first-order chi connectivity index (χ1) is 15.6. The summed E-state index contributed by atoms with van der Waals surface area (Å²) in [5.41, 5.74) is -0.0141. The second-order valence-corrected chi connectivity index (χ2v) is 7.69. The molecular weight excluding hydrogens is 441 g/mol. The van der Waals surface area contributed by atoms with Gasteiger partial charge in [0.15, 0.2) is 0 Å². The van der Waals surface area contributed by atoms with Gasteiger partial charge in [0, 0.05) is 13.0 Å². The van der Waals surface area contributed by atoms with Crippen LogP contribution < -0.4 is 5.32 Å². The summed E-state index contributed by atoms with van der Waals surface area (Å²) >= 11 is 0. The Balaban J connectivity index is 1.63. The molecule has 0 bridgehead atoms. The van der Waals surface area contributed by atoms with Crippen molar-refractivity contribution >= 4 is 18.0 Å². The van der Waals surface area contributed by atoms with Crippen LogP contribution in [-0.2, 0) is 33.5 Å². The number of amides is 2. The summed E-state index contributed by atoms with van der Waals surface area (Å²) in [5, 5.41) is 11.9. The molecule has 1 heterocycles. The highest BCUT2D eigenvalue weighted by atomic mass is 19.4. The summed E-state index contributed by atoms with van der Waals surface area (Å²) in [6, 6.07) is 10.9. The molecule has 1 fully saturated rings. The van der Waals surface area contributed by atoms with E-state index in [0.29, 0.717) is 12.8 Å². The van der Waals surface area contributed by atoms with Gasteiger partial charge in [0.2, 0.25) is 5.91 Å². The smallest absolute Gasteiger partial charge is 0.416 e. The monoisotopic (exact) mass is 464 g/mol. The van der Waals surface area contributed by atoms with Gasteiger partial charge >= 0.3 is 18.2 Å². The van der Waals surface area contributed by atoms with Gasteiger partial charge in [-0.25, -0.2) is 9.59 Å². The third-order valence-electron chi connectivity index (χ3n) is 5.30. The summed E-state index contributed by atoms with van der Waals surface area (Å²) in [7, 11) is 0. The Morgan fingerprint density at radius 3 is 2.45 bits per heavy atom. The molecule has 2 N–H and O–H groups in total. The predicted molar refractivity (Wildman–Crippen MR) is 111 cm³/mol. The zero-order valence-electron chi connectivity index (χ0n) is 17.5. The number of hydrogen-bond donors (Lipinski definition) is 2. The summed E-state index contributed by atoms with van der Waals surface area (Å²) in [6.07, 6.45) is -4.74. The number of carboxylic acid groups (broad SMARTS) is 1. The van der Waals surface area contributed by atoms with Crippen LogP contribution in [0, 0.1) is 0 Å². The molecule has 33 heavy (non-hydrogen) atoms. The Labute approximate surface area is 188 Å². The van der Waals surface area contributed by atoms with Crippen LogP contribution >= 0.6 is 0 Å². The first-order valence-corrected chi connectivity index (χ1v) is 10.3. The van der Waals surface area contributed by atoms with Crippen LogP contribution in [0.3, 0.4) is 0 Å². The maximum absolute atomic E-state index is 12.9. The molecule has 0 saturated carbocycles. The van der Waals surface area contributed by atoms with Crippen molar-refractivity contribution < 1.29 is 37.4 Å². The second-order valence-electron chi connectivity index (χ2n) is 7.69. The molecule has 7 nitrogen and oxygen atoms in total. The predicted octanol–water partition coefficient (Wildman–Crippen LogP) is 3.62. The minimum atomic E-state index is -4.57. The Bertz CT molecular complexity index is 997. The highest BCUT2D eigenvalue weighted by Gasteiger charge is 2.37. The molecule has 0 aromatic heterocycles. The number of halogens is 3. The van der Waals surface area contributed by atoms with Crippen LogP contribution in [0.1, 0.15) is 29.5 Å². The number of likely N-dealkylation sites (tertiary alicyclic amines) is 1. The molecule has 0 aliphatic carbocycles. The number of benzene rings is 2. The van der Waals surface area contributed by atoms with E-state index < -0.39 is 41.8 Å². The first-order valence-electron chi connectivity index (χ1n) is 10.3. The molecule has 2 amide bonds. The van der Waals surface area contributed by atoms with Crippen molar-refractivity contribution in [2.75, 3.05) is 6.54 Å². The number of carbonyl (C=O) groups is 3. The Morgan fingerprint density at radius 2 is 1.79 bits per heavy atom. The largest absolute Gasteiger partial charge is 0.480 e. The number of nitrogens with zero attached hydrogens (tertiary/aromatic N) is 1. The zero-order valence-corrected chi connectivity index (χ0v) is 17.5. The van der Waals surface area contributed by atoms with Crippen LogP contribution in [0.5, 0.6) is 0 Å². The van der Waals surface area contributed by atoms with Gasteiger partial charge in [-0.1, -0.05) is 48.5 Å². The lowest BCUT2D eigenvalue weighted by molar-refractivity contribution is -0.142. The maximum Gasteiger partial charge on any atom is 0.416 e. The summed E-state index contributed by atoms with van der Waals surface area (Å²) in [5.74, 6) is -2.08. The molecule has 3 rings (SSSR count). The van der Waals surface area contributed by atoms with Crippen LogP contribution in [0.25, 0.3) is 0 Å². The molecule has 1 aliphatic rings. The lowest BCUT2D eigenvalue weighted by Gasteiger charge is -2.25. The summed E-state index contributed by atoms with van der Waals surface area (Å²) in [6.45, 7) is 0.300. The Kier molecular flexibility index (Phi) is 7.57. The lowest BCUT2D eigenvalue weighted by Crippen LogP contribution is -2.51. The van der Waals surface area contributed by atoms with E-state index in [0.717, 1.165) is 17.7 Å². The van der Waals surface area contributed by atoms with E-state index in [9.17, 15) is 32.7 Å². The minimum Gasteiger partial charge on any atom is -0.480 e. The molecule has 0 radical (unpaired) electrons. The highest BCUT2D eigenvalue weighted by Crippen LogP contribution is 2.29. The third kappa shape index (κ3) is 6.47. The fourth-order valence-electron chi connectivity index (χ4n) is 3.64. The van der Waals surface area contributed by atoms with E-state index in [4.69, 9.17) is 4.74 Å². The SMILES string of the molecule is O=C(O)[C@H](Cc1cccc(C(F)(F)F)c1)NC(=O)[C@H]1CCCN1C(=O)OCc1ccccc1. The maximum atomic E-state index is 12.9. The fourth-order valence-corrected chi connectivity index (χ4v) is 3.64. The number of ether oxygens (including phenoxy) is 1. The lowest BCUT2D eigenvalue weighted by atomic mass is 10.0. The van der Waals surface area contributed by atoms with Crippen molar-refractivity contribution in [1.82, 2.24) is 10.2 Å². The van der Waals surface area contributed by atoms with Gasteiger partial charge in [0.05, 0.1) is 5.56 Å². The molecule has 2 atom stereocenters. The van der Waals surface area contributed by atoms with Crippen molar-refractivity contribution in [3.63, 3.8) is 0 Å².